The number of nitrogens with zero attached hydrogens (tertiary/aromatic N) is 1. The Balaban J connectivity index is 1.68. The highest BCUT2D eigenvalue weighted by atomic mass is 32.1. The van der Waals surface area contributed by atoms with Crippen molar-refractivity contribution in [3.05, 3.63) is 63.7 Å². The largest absolute Gasteiger partial charge is 0.478 e. The summed E-state index contributed by atoms with van der Waals surface area (Å²) in [5, 5.41) is 14.7. The second kappa shape index (κ2) is 6.51. The highest BCUT2D eigenvalue weighted by Crippen LogP contribution is 2.35. The maximum absolute atomic E-state index is 12.6. The Hall–Kier alpha value is -2.77. The molecule has 0 atom stereocenters. The van der Waals surface area contributed by atoms with Crippen LogP contribution in [0.4, 0.5) is 0 Å². The first-order chi connectivity index (χ1) is 12.5. The van der Waals surface area contributed by atoms with Crippen molar-refractivity contribution >= 4 is 45.4 Å². The fourth-order valence-corrected chi connectivity index (χ4v) is 4.73. The smallest absolute Gasteiger partial charge is 0.337 e. The summed E-state index contributed by atoms with van der Waals surface area (Å²) in [7, 11) is 0. The lowest BCUT2D eigenvalue weighted by molar-refractivity contribution is 0.0697. The molecule has 0 spiro atoms. The van der Waals surface area contributed by atoms with E-state index < -0.39 is 5.97 Å². The number of rotatable bonds is 5. The number of ketones is 1. The monoisotopic (exact) mass is 383 g/mol. The molecule has 0 aliphatic rings. The first-order valence-electron chi connectivity index (χ1n) is 7.81. The third-order valence-corrected chi connectivity index (χ3v) is 6.09. The van der Waals surface area contributed by atoms with Gasteiger partial charge in [0.15, 0.2) is 5.76 Å². The van der Waals surface area contributed by atoms with Crippen LogP contribution in [0.5, 0.6) is 0 Å². The van der Waals surface area contributed by atoms with Crippen molar-refractivity contribution in [3.8, 4) is 9.88 Å². The van der Waals surface area contributed by atoms with Crippen LogP contribution < -0.4 is 0 Å². The highest BCUT2D eigenvalue weighted by molar-refractivity contribution is 7.20. The summed E-state index contributed by atoms with van der Waals surface area (Å²) < 4.78 is 5.59. The van der Waals surface area contributed by atoms with Crippen LogP contribution in [-0.2, 0) is 6.42 Å². The van der Waals surface area contributed by atoms with Gasteiger partial charge in [-0.3, -0.25) is 4.79 Å². The summed E-state index contributed by atoms with van der Waals surface area (Å²) in [5.41, 5.74) is 2.11. The van der Waals surface area contributed by atoms with Crippen LogP contribution in [0.25, 0.3) is 20.9 Å². The van der Waals surface area contributed by atoms with E-state index in [0.29, 0.717) is 21.0 Å². The summed E-state index contributed by atoms with van der Waals surface area (Å²) in [6, 6.07) is 9.06. The molecule has 0 aliphatic heterocycles. The van der Waals surface area contributed by atoms with Gasteiger partial charge in [-0.15, -0.1) is 22.7 Å². The van der Waals surface area contributed by atoms with Crippen molar-refractivity contribution < 1.29 is 19.1 Å². The van der Waals surface area contributed by atoms with Gasteiger partial charge in [-0.2, -0.15) is 0 Å². The Morgan fingerprint density at radius 2 is 2.00 bits per heavy atom. The Kier molecular flexibility index (Phi) is 4.18. The number of fused-ring (bicyclic) bond motifs is 1. The minimum absolute atomic E-state index is 0.0255. The number of aromatic carboxylic acids is 1. The Morgan fingerprint density at radius 1 is 1.19 bits per heavy atom. The summed E-state index contributed by atoms with van der Waals surface area (Å²) in [6.07, 6.45) is -0.0255. The van der Waals surface area contributed by atoms with Gasteiger partial charge in [0, 0.05) is 22.9 Å². The molecule has 3 aromatic heterocycles. The first-order valence-corrected chi connectivity index (χ1v) is 9.57. The average molecular weight is 383 g/mol. The fraction of sp³-hybridized carbons (Fsp3) is 0.105. The lowest BCUT2D eigenvalue weighted by atomic mass is 10.0. The van der Waals surface area contributed by atoms with Crippen LogP contribution in [0.15, 0.2) is 45.5 Å². The number of Topliss-reactive ketones (excluding diaryl/α,β-unsaturated/α-hetero) is 1. The summed E-state index contributed by atoms with van der Waals surface area (Å²) in [6.45, 7) is 1.86. The molecular formula is C19H13NO4S2. The van der Waals surface area contributed by atoms with E-state index in [1.54, 1.807) is 17.5 Å². The van der Waals surface area contributed by atoms with E-state index in [-0.39, 0.29) is 23.5 Å². The van der Waals surface area contributed by atoms with E-state index in [4.69, 9.17) is 4.42 Å². The van der Waals surface area contributed by atoms with Crippen LogP contribution in [0, 0.1) is 6.92 Å². The molecule has 1 aromatic carbocycles. The number of hydrogen-bond acceptors (Lipinski definition) is 6. The zero-order chi connectivity index (χ0) is 18.3. The maximum Gasteiger partial charge on any atom is 0.337 e. The van der Waals surface area contributed by atoms with Gasteiger partial charge in [-0.25, -0.2) is 9.78 Å². The van der Waals surface area contributed by atoms with Crippen molar-refractivity contribution in [1.82, 2.24) is 4.98 Å². The highest BCUT2D eigenvalue weighted by Gasteiger charge is 2.24. The molecule has 7 heteroatoms. The number of carboxylic acid groups (broad SMARTS) is 1. The van der Waals surface area contributed by atoms with Gasteiger partial charge in [-0.1, -0.05) is 18.2 Å². The van der Waals surface area contributed by atoms with Gasteiger partial charge < -0.3 is 9.52 Å². The lowest BCUT2D eigenvalue weighted by Gasteiger charge is -2.01. The minimum Gasteiger partial charge on any atom is -0.478 e. The van der Waals surface area contributed by atoms with Gasteiger partial charge in [0.2, 0.25) is 5.78 Å². The van der Waals surface area contributed by atoms with E-state index in [2.05, 4.69) is 4.98 Å². The fourth-order valence-electron chi connectivity index (χ4n) is 2.75. The van der Waals surface area contributed by atoms with Crippen molar-refractivity contribution in [2.75, 3.05) is 0 Å². The minimum atomic E-state index is -1.05. The van der Waals surface area contributed by atoms with E-state index in [0.717, 1.165) is 11.1 Å². The van der Waals surface area contributed by atoms with Gasteiger partial charge in [0.05, 0.1) is 10.4 Å². The predicted molar refractivity (Wildman–Crippen MR) is 101 cm³/mol. The number of benzene rings is 1. The quantitative estimate of drug-likeness (QED) is 0.488. The van der Waals surface area contributed by atoms with Gasteiger partial charge in [-0.05, 0) is 30.0 Å². The third kappa shape index (κ3) is 2.95. The molecule has 26 heavy (non-hydrogen) atoms. The molecule has 0 radical (unpaired) electrons. The average Bonchev–Trinajstić information content (AvgIpc) is 3.31. The number of carbonyl (C=O) groups is 2. The molecule has 3 heterocycles. The SMILES string of the molecule is Cc1csc(-c2scc(CC(=O)c3cc4ccccc4o3)c2C(=O)O)n1. The molecule has 0 bridgehead atoms. The normalized spacial score (nSPS) is 11.1. The third-order valence-electron chi connectivity index (χ3n) is 3.95. The van der Waals surface area contributed by atoms with Crippen LogP contribution in [0.3, 0.4) is 0 Å². The van der Waals surface area contributed by atoms with E-state index in [9.17, 15) is 14.7 Å². The van der Waals surface area contributed by atoms with Gasteiger partial charge in [0.25, 0.3) is 0 Å². The zero-order valence-electron chi connectivity index (χ0n) is 13.7. The summed E-state index contributed by atoms with van der Waals surface area (Å²) in [5.74, 6) is -1.06. The van der Waals surface area contributed by atoms with Crippen LogP contribution >= 0.6 is 22.7 Å². The molecule has 0 saturated heterocycles. The molecule has 0 aliphatic carbocycles. The van der Waals surface area contributed by atoms with Crippen LogP contribution in [0.2, 0.25) is 0 Å². The van der Waals surface area contributed by atoms with E-state index in [1.807, 2.05) is 30.5 Å². The van der Waals surface area contributed by atoms with Crippen molar-refractivity contribution in [2.24, 2.45) is 0 Å². The van der Waals surface area contributed by atoms with Gasteiger partial charge in [0.1, 0.15) is 10.6 Å². The lowest BCUT2D eigenvalue weighted by Crippen LogP contribution is -2.07. The standard InChI is InChI=1S/C19H13NO4S2/c1-10-8-26-18(20-10)17-16(19(22)23)12(9-25-17)6-13(21)15-7-11-4-2-3-5-14(11)24-15/h2-5,7-9H,6H2,1H3,(H,22,23). The topological polar surface area (TPSA) is 80.4 Å². The number of carbonyl (C=O) groups excluding carboxylic acids is 1. The Labute approximate surface area is 156 Å². The molecule has 0 unspecified atom stereocenters. The second-order valence-corrected chi connectivity index (χ2v) is 7.55. The maximum atomic E-state index is 12.6. The number of aryl methyl sites for hydroxylation is 1. The number of para-hydroxylation sites is 1. The molecule has 5 nitrogen and oxygen atoms in total. The number of thiophene rings is 1. The first kappa shape index (κ1) is 16.7. The molecule has 4 rings (SSSR count). The van der Waals surface area contributed by atoms with Crippen molar-refractivity contribution in [3.63, 3.8) is 0 Å². The second-order valence-electron chi connectivity index (χ2n) is 5.81. The number of hydrogen-bond donors (Lipinski definition) is 1. The van der Waals surface area contributed by atoms with Crippen LogP contribution in [-0.4, -0.2) is 21.8 Å². The Bertz CT molecular complexity index is 1100. The van der Waals surface area contributed by atoms with E-state index in [1.165, 1.54) is 22.7 Å². The van der Waals surface area contributed by atoms with E-state index >= 15 is 0 Å². The summed E-state index contributed by atoms with van der Waals surface area (Å²) >= 11 is 2.70. The molecule has 1 N–H and O–H groups in total. The summed E-state index contributed by atoms with van der Waals surface area (Å²) in [4.78, 5) is 29.4. The molecule has 130 valence electrons. The van der Waals surface area contributed by atoms with Crippen LogP contribution in [0.1, 0.15) is 32.2 Å². The number of carboxylic acids is 1. The predicted octanol–water partition coefficient (Wildman–Crippen LogP) is 5.05. The Morgan fingerprint density at radius 3 is 2.69 bits per heavy atom. The molecular weight excluding hydrogens is 370 g/mol. The van der Waals surface area contributed by atoms with Crippen molar-refractivity contribution in [2.45, 2.75) is 13.3 Å². The number of aromatic nitrogens is 1. The molecule has 0 fully saturated rings. The molecule has 4 aromatic rings. The number of furan rings is 1. The molecule has 0 amide bonds. The van der Waals surface area contributed by atoms with Gasteiger partial charge >= 0.3 is 5.97 Å². The molecule has 0 saturated carbocycles. The number of thiazole rings is 1. The zero-order valence-corrected chi connectivity index (χ0v) is 15.3. The van der Waals surface area contributed by atoms with Crippen molar-refractivity contribution in [1.29, 1.82) is 0 Å².